The summed E-state index contributed by atoms with van der Waals surface area (Å²) in [5.41, 5.74) is 2.72. The Morgan fingerprint density at radius 3 is 2.25 bits per heavy atom. The van der Waals surface area contributed by atoms with Crippen molar-refractivity contribution in [1.29, 1.82) is 0 Å². The molecule has 0 fully saturated rings. The molecule has 1 amide bonds. The number of thiophene rings is 1. The number of aryl methyl sites for hydroxylation is 1. The smallest absolute Gasteiger partial charge is 0.252 e. The van der Waals surface area contributed by atoms with Crippen LogP contribution in [0.25, 0.3) is 0 Å². The minimum absolute atomic E-state index is 0.199. The normalized spacial score (nSPS) is 12.5. The van der Waals surface area contributed by atoms with Crippen LogP contribution in [0.15, 0.2) is 70.9 Å². The quantitative estimate of drug-likeness (QED) is 0.614. The third kappa shape index (κ3) is 4.88. The van der Waals surface area contributed by atoms with E-state index < -0.39 is 9.84 Å². The van der Waals surface area contributed by atoms with Crippen LogP contribution in [0.1, 0.15) is 45.7 Å². The molecular weight excluding hydrogens is 390 g/mol. The number of hydrogen-bond acceptors (Lipinski definition) is 4. The molecule has 0 bridgehead atoms. The van der Waals surface area contributed by atoms with Gasteiger partial charge in [0, 0.05) is 16.7 Å². The van der Waals surface area contributed by atoms with Crippen LogP contribution in [-0.2, 0) is 16.3 Å². The standard InChI is InChI=1S/C22H23NO3S2/c1-3-5-16-7-9-17(10-8-16)21(20-6-4-15-27-20)23-22(24)18-11-13-19(14-12-18)28(2,25)26/h4,6-15,21H,3,5H2,1-2H3,(H,23,24). The molecule has 146 valence electrons. The molecule has 28 heavy (non-hydrogen) atoms. The van der Waals surface area contributed by atoms with Crippen molar-refractivity contribution in [2.45, 2.75) is 30.7 Å². The Bertz CT molecular complexity index is 1020. The number of hydrogen-bond donors (Lipinski definition) is 1. The highest BCUT2D eigenvalue weighted by Crippen LogP contribution is 2.27. The number of sulfone groups is 1. The Labute approximate surface area is 170 Å². The fourth-order valence-electron chi connectivity index (χ4n) is 3.01. The van der Waals surface area contributed by atoms with Crippen LogP contribution in [-0.4, -0.2) is 20.6 Å². The van der Waals surface area contributed by atoms with E-state index in [4.69, 9.17) is 0 Å². The lowest BCUT2D eigenvalue weighted by molar-refractivity contribution is 0.0943. The Kier molecular flexibility index (Phi) is 6.31. The Morgan fingerprint density at radius 1 is 1.04 bits per heavy atom. The van der Waals surface area contributed by atoms with E-state index in [1.165, 1.54) is 17.7 Å². The minimum Gasteiger partial charge on any atom is -0.340 e. The molecule has 0 aliphatic rings. The van der Waals surface area contributed by atoms with Gasteiger partial charge in [-0.15, -0.1) is 11.3 Å². The molecule has 0 radical (unpaired) electrons. The molecule has 2 aromatic carbocycles. The summed E-state index contributed by atoms with van der Waals surface area (Å²) in [6.07, 6.45) is 3.27. The van der Waals surface area contributed by atoms with Gasteiger partial charge in [0.1, 0.15) is 0 Å². The molecule has 0 saturated heterocycles. The van der Waals surface area contributed by atoms with Gasteiger partial charge in [-0.05, 0) is 53.3 Å². The van der Waals surface area contributed by atoms with Crippen molar-refractivity contribution in [3.63, 3.8) is 0 Å². The van der Waals surface area contributed by atoms with Crippen LogP contribution in [0, 0.1) is 0 Å². The fraction of sp³-hybridized carbons (Fsp3) is 0.227. The Balaban J connectivity index is 1.85. The van der Waals surface area contributed by atoms with Crippen molar-refractivity contribution in [3.05, 3.63) is 87.6 Å². The monoisotopic (exact) mass is 413 g/mol. The topological polar surface area (TPSA) is 63.2 Å². The lowest BCUT2D eigenvalue weighted by Gasteiger charge is -2.19. The first-order chi connectivity index (χ1) is 13.4. The van der Waals surface area contributed by atoms with Crippen molar-refractivity contribution in [2.75, 3.05) is 6.26 Å². The van der Waals surface area contributed by atoms with Crippen LogP contribution in [0.4, 0.5) is 0 Å². The van der Waals surface area contributed by atoms with Crippen molar-refractivity contribution < 1.29 is 13.2 Å². The number of nitrogens with one attached hydrogen (secondary N) is 1. The average molecular weight is 414 g/mol. The van der Waals surface area contributed by atoms with E-state index in [0.717, 1.165) is 29.5 Å². The number of carbonyl (C=O) groups is 1. The zero-order chi connectivity index (χ0) is 20.1. The Morgan fingerprint density at radius 2 is 1.71 bits per heavy atom. The molecule has 0 aliphatic heterocycles. The Hall–Kier alpha value is -2.44. The van der Waals surface area contributed by atoms with E-state index in [1.54, 1.807) is 23.5 Å². The molecular formula is C22H23NO3S2. The van der Waals surface area contributed by atoms with E-state index in [1.807, 2.05) is 17.5 Å². The summed E-state index contributed by atoms with van der Waals surface area (Å²) in [5, 5.41) is 5.07. The predicted octanol–water partition coefficient (Wildman–Crippen LogP) is 4.62. The van der Waals surface area contributed by atoms with Gasteiger partial charge in [-0.3, -0.25) is 4.79 Å². The average Bonchev–Trinajstić information content (AvgIpc) is 3.21. The second-order valence-corrected chi connectivity index (χ2v) is 9.71. The summed E-state index contributed by atoms with van der Waals surface area (Å²) < 4.78 is 23.2. The zero-order valence-corrected chi connectivity index (χ0v) is 17.5. The molecule has 1 unspecified atom stereocenters. The van der Waals surface area contributed by atoms with Crippen LogP contribution in [0.2, 0.25) is 0 Å². The zero-order valence-electron chi connectivity index (χ0n) is 15.9. The van der Waals surface area contributed by atoms with Crippen molar-refractivity contribution >= 4 is 27.1 Å². The molecule has 3 rings (SSSR count). The summed E-state index contributed by atoms with van der Waals surface area (Å²) in [6.45, 7) is 2.15. The number of rotatable bonds is 7. The minimum atomic E-state index is -3.29. The molecule has 1 N–H and O–H groups in total. The maximum absolute atomic E-state index is 12.8. The first kappa shape index (κ1) is 20.3. The second-order valence-electron chi connectivity index (χ2n) is 6.71. The fourth-order valence-corrected chi connectivity index (χ4v) is 4.44. The van der Waals surface area contributed by atoms with Crippen LogP contribution in [0.3, 0.4) is 0 Å². The van der Waals surface area contributed by atoms with Crippen molar-refractivity contribution in [1.82, 2.24) is 5.32 Å². The van der Waals surface area contributed by atoms with Gasteiger partial charge in [-0.1, -0.05) is 43.7 Å². The summed E-state index contributed by atoms with van der Waals surface area (Å²) in [4.78, 5) is 14.0. The van der Waals surface area contributed by atoms with Gasteiger partial charge in [-0.2, -0.15) is 0 Å². The van der Waals surface area contributed by atoms with Gasteiger partial charge >= 0.3 is 0 Å². The van der Waals surface area contributed by atoms with Gasteiger partial charge in [0.25, 0.3) is 5.91 Å². The van der Waals surface area contributed by atoms with Crippen molar-refractivity contribution in [3.8, 4) is 0 Å². The first-order valence-electron chi connectivity index (χ1n) is 9.11. The molecule has 3 aromatic rings. The first-order valence-corrected chi connectivity index (χ1v) is 11.9. The van der Waals surface area contributed by atoms with Crippen LogP contribution < -0.4 is 5.32 Å². The summed E-state index contributed by atoms with van der Waals surface area (Å²) in [6, 6.07) is 18.0. The van der Waals surface area contributed by atoms with Crippen LogP contribution >= 0.6 is 11.3 Å². The van der Waals surface area contributed by atoms with Gasteiger partial charge in [0.2, 0.25) is 0 Å². The summed E-state index contributed by atoms with van der Waals surface area (Å²) in [5.74, 6) is -0.240. The maximum Gasteiger partial charge on any atom is 0.252 e. The van der Waals surface area contributed by atoms with Crippen molar-refractivity contribution in [2.24, 2.45) is 0 Å². The van der Waals surface area contributed by atoms with Gasteiger partial charge in [-0.25, -0.2) is 8.42 Å². The molecule has 0 saturated carbocycles. The lowest BCUT2D eigenvalue weighted by atomic mass is 10.0. The maximum atomic E-state index is 12.8. The molecule has 1 heterocycles. The molecule has 4 nitrogen and oxygen atoms in total. The van der Waals surface area contributed by atoms with E-state index in [9.17, 15) is 13.2 Å². The van der Waals surface area contributed by atoms with E-state index in [2.05, 4.69) is 36.5 Å². The van der Waals surface area contributed by atoms with Crippen LogP contribution in [0.5, 0.6) is 0 Å². The SMILES string of the molecule is CCCc1ccc(C(NC(=O)c2ccc(S(C)(=O)=O)cc2)c2cccs2)cc1. The highest BCUT2D eigenvalue weighted by molar-refractivity contribution is 7.90. The lowest BCUT2D eigenvalue weighted by Crippen LogP contribution is -2.28. The third-order valence-electron chi connectivity index (χ3n) is 4.50. The highest BCUT2D eigenvalue weighted by atomic mass is 32.2. The molecule has 1 atom stereocenters. The number of benzene rings is 2. The summed E-state index contributed by atoms with van der Waals surface area (Å²) >= 11 is 1.59. The van der Waals surface area contributed by atoms with E-state index in [-0.39, 0.29) is 16.8 Å². The molecule has 1 aromatic heterocycles. The summed E-state index contributed by atoms with van der Waals surface area (Å²) in [7, 11) is -3.29. The highest BCUT2D eigenvalue weighted by Gasteiger charge is 2.19. The largest absolute Gasteiger partial charge is 0.340 e. The molecule has 0 aliphatic carbocycles. The third-order valence-corrected chi connectivity index (χ3v) is 6.57. The van der Waals surface area contributed by atoms with E-state index >= 15 is 0 Å². The number of amides is 1. The van der Waals surface area contributed by atoms with Gasteiger partial charge < -0.3 is 5.32 Å². The molecule has 0 spiro atoms. The van der Waals surface area contributed by atoms with Gasteiger partial charge in [0.05, 0.1) is 10.9 Å². The van der Waals surface area contributed by atoms with Gasteiger partial charge in [0.15, 0.2) is 9.84 Å². The number of carbonyl (C=O) groups excluding carboxylic acids is 1. The van der Waals surface area contributed by atoms with E-state index in [0.29, 0.717) is 5.56 Å². The molecule has 6 heteroatoms. The second kappa shape index (κ2) is 8.71. The predicted molar refractivity (Wildman–Crippen MR) is 114 cm³/mol.